The maximum Gasteiger partial charge on any atom is 0.312 e. The number of pyridine rings is 1. The number of hydrogen-bond donors (Lipinski definition) is 2. The van der Waals surface area contributed by atoms with Crippen molar-refractivity contribution in [3.63, 3.8) is 0 Å². The normalized spacial score (nSPS) is 16.1. The molecule has 0 spiro atoms. The van der Waals surface area contributed by atoms with Gasteiger partial charge in [-0.1, -0.05) is 17.7 Å². The summed E-state index contributed by atoms with van der Waals surface area (Å²) < 4.78 is 27.2. The van der Waals surface area contributed by atoms with Gasteiger partial charge in [0.15, 0.2) is 5.65 Å². The first-order chi connectivity index (χ1) is 14.3. The van der Waals surface area contributed by atoms with Crippen LogP contribution in [0.15, 0.2) is 47.6 Å². The second kappa shape index (κ2) is 7.67. The zero-order valence-corrected chi connectivity index (χ0v) is 17.0. The number of nitrogens with one attached hydrogen (secondary N) is 1. The van der Waals surface area contributed by atoms with E-state index in [4.69, 9.17) is 0 Å². The number of aliphatic hydroxyl groups excluding tert-OH is 1. The van der Waals surface area contributed by atoms with Crippen molar-refractivity contribution in [2.45, 2.75) is 30.8 Å². The van der Waals surface area contributed by atoms with Gasteiger partial charge in [-0.3, -0.25) is 10.1 Å². The summed E-state index contributed by atoms with van der Waals surface area (Å²) in [6.45, 7) is 2.87. The van der Waals surface area contributed by atoms with Gasteiger partial charge in [-0.05, 0) is 38.0 Å². The van der Waals surface area contributed by atoms with E-state index in [-0.39, 0.29) is 21.9 Å². The van der Waals surface area contributed by atoms with E-state index < -0.39 is 21.1 Å². The Balaban J connectivity index is 1.80. The zero-order valence-electron chi connectivity index (χ0n) is 16.2. The van der Waals surface area contributed by atoms with Crippen LogP contribution in [0.2, 0.25) is 0 Å². The van der Waals surface area contributed by atoms with E-state index in [9.17, 15) is 23.6 Å². The van der Waals surface area contributed by atoms with Crippen LogP contribution in [0.25, 0.3) is 11.0 Å². The van der Waals surface area contributed by atoms with Crippen molar-refractivity contribution in [3.05, 3.63) is 58.4 Å². The Morgan fingerprint density at radius 2 is 1.87 bits per heavy atom. The molecule has 10 nitrogen and oxygen atoms in total. The van der Waals surface area contributed by atoms with Crippen LogP contribution in [0.3, 0.4) is 0 Å². The summed E-state index contributed by atoms with van der Waals surface area (Å²) in [5.41, 5.74) is 3.99. The van der Waals surface area contributed by atoms with E-state index in [0.717, 1.165) is 15.7 Å². The minimum absolute atomic E-state index is 0.0979. The standard InChI is InChI=1S/C19H21N5O5S/c1-13-2-4-15(5-3-13)30(28,29)23-11-8-16-18(17(24(26)27)12-20-19(16)23)21-22-9-6-14(25)7-10-22/h2-5,8,11-12,14,25H,6-7,9-10H2,1H3,(H,20,21). The number of aromatic nitrogens is 2. The lowest BCUT2D eigenvalue weighted by atomic mass is 10.1. The summed E-state index contributed by atoms with van der Waals surface area (Å²) in [5, 5.41) is 23.3. The number of aryl methyl sites for hydroxylation is 1. The quantitative estimate of drug-likeness (QED) is 0.465. The fourth-order valence-electron chi connectivity index (χ4n) is 3.46. The van der Waals surface area contributed by atoms with Crippen molar-refractivity contribution in [2.75, 3.05) is 18.5 Å². The van der Waals surface area contributed by atoms with Crippen LogP contribution < -0.4 is 5.43 Å². The molecule has 0 atom stereocenters. The van der Waals surface area contributed by atoms with Crippen molar-refractivity contribution in [2.24, 2.45) is 0 Å². The van der Waals surface area contributed by atoms with Crippen LogP contribution in [-0.4, -0.2) is 51.6 Å². The zero-order chi connectivity index (χ0) is 21.5. The Bertz CT molecular complexity index is 1200. The molecular formula is C19H21N5O5S. The minimum atomic E-state index is -3.92. The SMILES string of the molecule is Cc1ccc(S(=O)(=O)n2ccc3c(NN4CCC(O)CC4)c([N+](=O)[O-])cnc32)cc1. The summed E-state index contributed by atoms with van der Waals surface area (Å²) in [4.78, 5) is 15.2. The van der Waals surface area contributed by atoms with Crippen molar-refractivity contribution in [1.82, 2.24) is 14.0 Å². The highest BCUT2D eigenvalue weighted by Gasteiger charge is 2.27. The van der Waals surface area contributed by atoms with Crippen molar-refractivity contribution in [3.8, 4) is 0 Å². The average Bonchev–Trinajstić information content (AvgIpc) is 3.15. The first-order valence-electron chi connectivity index (χ1n) is 9.44. The Morgan fingerprint density at radius 1 is 1.20 bits per heavy atom. The number of anilines is 1. The van der Waals surface area contributed by atoms with E-state index in [2.05, 4.69) is 10.4 Å². The maximum atomic E-state index is 13.1. The second-order valence-corrected chi connectivity index (χ2v) is 9.09. The van der Waals surface area contributed by atoms with E-state index in [1.54, 1.807) is 17.1 Å². The summed E-state index contributed by atoms with van der Waals surface area (Å²) in [6, 6.07) is 7.94. The average molecular weight is 431 g/mol. The molecule has 2 N–H and O–H groups in total. The van der Waals surface area contributed by atoms with E-state index in [0.29, 0.717) is 31.3 Å². The molecule has 3 aromatic rings. The Labute approximate surface area is 172 Å². The summed E-state index contributed by atoms with van der Waals surface area (Å²) in [5.74, 6) is 0. The lowest BCUT2D eigenvalue weighted by molar-refractivity contribution is -0.384. The highest BCUT2D eigenvalue weighted by molar-refractivity contribution is 7.90. The van der Waals surface area contributed by atoms with Crippen LogP contribution in [0, 0.1) is 17.0 Å². The van der Waals surface area contributed by atoms with E-state index >= 15 is 0 Å². The number of piperidine rings is 1. The molecule has 2 aromatic heterocycles. The Morgan fingerprint density at radius 3 is 2.50 bits per heavy atom. The largest absolute Gasteiger partial charge is 0.393 e. The predicted octanol–water partition coefficient (Wildman–Crippen LogP) is 2.27. The number of benzene rings is 1. The van der Waals surface area contributed by atoms with Crippen LogP contribution in [-0.2, 0) is 10.0 Å². The van der Waals surface area contributed by atoms with Gasteiger partial charge in [0.2, 0.25) is 0 Å². The Kier molecular flexibility index (Phi) is 5.18. The highest BCUT2D eigenvalue weighted by Crippen LogP contribution is 2.34. The number of nitrogens with zero attached hydrogens (tertiary/aromatic N) is 4. The number of aliphatic hydroxyl groups is 1. The van der Waals surface area contributed by atoms with Gasteiger partial charge in [0.25, 0.3) is 10.0 Å². The molecule has 1 fully saturated rings. The molecule has 11 heteroatoms. The fourth-order valence-corrected chi connectivity index (χ4v) is 4.76. The van der Waals surface area contributed by atoms with Crippen LogP contribution in [0.4, 0.5) is 11.4 Å². The first-order valence-corrected chi connectivity index (χ1v) is 10.9. The third-order valence-electron chi connectivity index (χ3n) is 5.17. The number of rotatable bonds is 5. The van der Waals surface area contributed by atoms with Gasteiger partial charge >= 0.3 is 5.69 Å². The predicted molar refractivity (Wildman–Crippen MR) is 111 cm³/mol. The molecule has 3 heterocycles. The molecule has 0 saturated carbocycles. The van der Waals surface area contributed by atoms with E-state index in [1.807, 2.05) is 6.92 Å². The molecular weight excluding hydrogens is 410 g/mol. The molecule has 4 rings (SSSR count). The molecule has 0 bridgehead atoms. The maximum absolute atomic E-state index is 13.1. The third kappa shape index (κ3) is 3.62. The summed E-state index contributed by atoms with van der Waals surface area (Å²) >= 11 is 0. The topological polar surface area (TPSA) is 131 Å². The van der Waals surface area contributed by atoms with Crippen LogP contribution >= 0.6 is 0 Å². The monoisotopic (exact) mass is 431 g/mol. The lowest BCUT2D eigenvalue weighted by Gasteiger charge is -2.30. The molecule has 30 heavy (non-hydrogen) atoms. The molecule has 1 aliphatic heterocycles. The van der Waals surface area contributed by atoms with E-state index in [1.165, 1.54) is 24.4 Å². The van der Waals surface area contributed by atoms with Gasteiger partial charge < -0.3 is 10.5 Å². The van der Waals surface area contributed by atoms with Gasteiger partial charge in [-0.25, -0.2) is 22.4 Å². The van der Waals surface area contributed by atoms with Crippen molar-refractivity contribution < 1.29 is 18.4 Å². The molecule has 0 unspecified atom stereocenters. The first kappa shape index (κ1) is 20.3. The molecule has 1 aromatic carbocycles. The second-order valence-electron chi connectivity index (χ2n) is 7.27. The molecule has 1 aliphatic rings. The van der Waals surface area contributed by atoms with Gasteiger partial charge in [0.1, 0.15) is 11.9 Å². The minimum Gasteiger partial charge on any atom is -0.393 e. The number of hydrogen-bond acceptors (Lipinski definition) is 8. The summed E-state index contributed by atoms with van der Waals surface area (Å²) in [6.07, 6.45) is 3.10. The Hall–Kier alpha value is -3.02. The molecule has 0 aliphatic carbocycles. The van der Waals surface area contributed by atoms with Gasteiger partial charge in [0.05, 0.1) is 21.3 Å². The summed E-state index contributed by atoms with van der Waals surface area (Å²) in [7, 11) is -3.92. The van der Waals surface area contributed by atoms with Gasteiger partial charge in [-0.15, -0.1) is 0 Å². The number of nitro groups is 1. The molecule has 1 saturated heterocycles. The fraction of sp³-hybridized carbons (Fsp3) is 0.316. The highest BCUT2D eigenvalue weighted by atomic mass is 32.2. The van der Waals surface area contributed by atoms with Gasteiger partial charge in [0, 0.05) is 19.3 Å². The smallest absolute Gasteiger partial charge is 0.312 e. The van der Waals surface area contributed by atoms with Crippen molar-refractivity contribution in [1.29, 1.82) is 0 Å². The lowest BCUT2D eigenvalue weighted by Crippen LogP contribution is -2.39. The van der Waals surface area contributed by atoms with Crippen molar-refractivity contribution >= 4 is 32.4 Å². The number of hydrazine groups is 1. The molecule has 158 valence electrons. The third-order valence-corrected chi connectivity index (χ3v) is 6.85. The van der Waals surface area contributed by atoms with Gasteiger partial charge in [-0.2, -0.15) is 0 Å². The molecule has 0 radical (unpaired) electrons. The molecule has 0 amide bonds. The van der Waals surface area contributed by atoms with Crippen LogP contribution in [0.5, 0.6) is 0 Å². The number of fused-ring (bicyclic) bond motifs is 1. The van der Waals surface area contributed by atoms with Crippen LogP contribution in [0.1, 0.15) is 18.4 Å².